The zero-order valence-electron chi connectivity index (χ0n) is 14.3. The molecule has 3 nitrogen and oxygen atoms in total. The summed E-state index contributed by atoms with van der Waals surface area (Å²) in [5.41, 5.74) is 0. The fourth-order valence-electron chi connectivity index (χ4n) is 2.79. The molecule has 0 aliphatic rings. The molecule has 0 atom stereocenters. The lowest BCUT2D eigenvalue weighted by atomic mass is 10.0. The van der Waals surface area contributed by atoms with Gasteiger partial charge in [-0.3, -0.25) is 0 Å². The quantitative estimate of drug-likeness (QED) is 0.380. The molecule has 0 radical (unpaired) electrons. The summed E-state index contributed by atoms with van der Waals surface area (Å²) in [5.74, 6) is 1.21. The Bertz CT molecular complexity index is 360. The molecule has 1 heterocycles. The number of nitrogens with zero attached hydrogens (tertiary/aromatic N) is 1. The summed E-state index contributed by atoms with van der Waals surface area (Å²) < 4.78 is 5.22. The molecule has 0 saturated carbocycles. The number of rotatable bonds is 15. The Morgan fingerprint density at radius 2 is 1.36 bits per heavy atom. The number of aryl methyl sites for hydroxylation is 1. The van der Waals surface area contributed by atoms with Crippen LogP contribution in [0.15, 0.2) is 16.9 Å². The molecule has 0 saturated heterocycles. The number of Topliss-reactive ketones (excluding diaryl/α,β-unsaturated/α-hetero) is 1. The zero-order chi connectivity index (χ0) is 15.9. The second kappa shape index (κ2) is 13.5. The van der Waals surface area contributed by atoms with E-state index in [2.05, 4.69) is 4.98 Å². The SMILES string of the molecule is CC(=O)CCCCCCCCCCCCCCc1ncco1. The van der Waals surface area contributed by atoms with Gasteiger partial charge >= 0.3 is 0 Å². The first kappa shape index (κ1) is 18.9. The Balaban J connectivity index is 1.70. The maximum atomic E-state index is 10.8. The average molecular weight is 307 g/mol. The Morgan fingerprint density at radius 3 is 1.82 bits per heavy atom. The minimum absolute atomic E-state index is 0.334. The van der Waals surface area contributed by atoms with Crippen LogP contribution in [0.3, 0.4) is 0 Å². The third kappa shape index (κ3) is 11.5. The predicted octanol–water partition coefficient (Wildman–Crippen LogP) is 5.88. The summed E-state index contributed by atoms with van der Waals surface area (Å²) in [6.45, 7) is 1.69. The minimum atomic E-state index is 0.334. The Morgan fingerprint density at radius 1 is 0.864 bits per heavy atom. The molecule has 0 amide bonds. The van der Waals surface area contributed by atoms with Gasteiger partial charge in [-0.05, 0) is 19.8 Å². The van der Waals surface area contributed by atoms with Crippen molar-refractivity contribution >= 4 is 5.78 Å². The van der Waals surface area contributed by atoms with Crippen molar-refractivity contribution in [2.45, 2.75) is 96.8 Å². The van der Waals surface area contributed by atoms with Crippen molar-refractivity contribution in [2.24, 2.45) is 0 Å². The summed E-state index contributed by atoms with van der Waals surface area (Å²) in [5, 5.41) is 0. The number of hydrogen-bond donors (Lipinski definition) is 0. The van der Waals surface area contributed by atoms with Crippen LogP contribution in [0, 0.1) is 0 Å². The van der Waals surface area contributed by atoms with Gasteiger partial charge in [-0.2, -0.15) is 0 Å². The second-order valence-electron chi connectivity index (χ2n) is 6.37. The highest BCUT2D eigenvalue weighted by Gasteiger charge is 1.98. The van der Waals surface area contributed by atoms with E-state index in [9.17, 15) is 4.79 Å². The molecule has 0 N–H and O–H groups in total. The van der Waals surface area contributed by atoms with Crippen molar-refractivity contribution in [1.29, 1.82) is 0 Å². The van der Waals surface area contributed by atoms with E-state index in [-0.39, 0.29) is 0 Å². The van der Waals surface area contributed by atoms with Crippen LogP contribution in [0.2, 0.25) is 0 Å². The highest BCUT2D eigenvalue weighted by molar-refractivity contribution is 5.75. The number of unbranched alkanes of at least 4 members (excludes halogenated alkanes) is 11. The van der Waals surface area contributed by atoms with Crippen LogP contribution in [0.1, 0.15) is 96.3 Å². The first-order valence-corrected chi connectivity index (χ1v) is 9.17. The molecular formula is C19H33NO2. The summed E-state index contributed by atoms with van der Waals surface area (Å²) in [7, 11) is 0. The number of ketones is 1. The number of aromatic nitrogens is 1. The van der Waals surface area contributed by atoms with Crippen LogP contribution >= 0.6 is 0 Å². The Labute approximate surface area is 135 Å². The molecule has 1 aromatic heterocycles. The third-order valence-corrected chi connectivity index (χ3v) is 4.15. The van der Waals surface area contributed by atoms with E-state index in [0.29, 0.717) is 5.78 Å². The van der Waals surface area contributed by atoms with Gasteiger partial charge in [0.15, 0.2) is 5.89 Å². The van der Waals surface area contributed by atoms with Gasteiger partial charge in [0.1, 0.15) is 12.0 Å². The van der Waals surface area contributed by atoms with Crippen molar-refractivity contribution in [2.75, 3.05) is 0 Å². The standard InChI is InChI=1S/C19H33NO2/c1-18(21)14-12-10-8-6-4-2-3-5-7-9-11-13-15-19-20-16-17-22-19/h16-17H,2-15H2,1H3. The topological polar surface area (TPSA) is 43.1 Å². The van der Waals surface area contributed by atoms with Gasteiger partial charge in [-0.1, -0.05) is 64.2 Å². The molecule has 0 bridgehead atoms. The first-order chi connectivity index (χ1) is 10.8. The molecule has 0 aromatic carbocycles. The molecule has 1 aromatic rings. The lowest BCUT2D eigenvalue weighted by Crippen LogP contribution is -1.89. The van der Waals surface area contributed by atoms with E-state index < -0.39 is 0 Å². The van der Waals surface area contributed by atoms with Gasteiger partial charge in [-0.25, -0.2) is 4.98 Å². The normalized spacial score (nSPS) is 11.0. The molecule has 0 aliphatic heterocycles. The van der Waals surface area contributed by atoms with Gasteiger partial charge < -0.3 is 9.21 Å². The molecule has 22 heavy (non-hydrogen) atoms. The first-order valence-electron chi connectivity index (χ1n) is 9.17. The maximum Gasteiger partial charge on any atom is 0.193 e. The fraction of sp³-hybridized carbons (Fsp3) is 0.789. The Kier molecular flexibility index (Phi) is 11.6. The van der Waals surface area contributed by atoms with Crippen LogP contribution in [-0.4, -0.2) is 10.8 Å². The molecule has 0 unspecified atom stereocenters. The number of carbonyl (C=O) groups excluding carboxylic acids is 1. The van der Waals surface area contributed by atoms with E-state index in [4.69, 9.17) is 4.42 Å². The van der Waals surface area contributed by atoms with Crippen LogP contribution in [0.5, 0.6) is 0 Å². The molecule has 0 fully saturated rings. The summed E-state index contributed by atoms with van der Waals surface area (Å²) >= 11 is 0. The molecule has 0 aliphatic carbocycles. The highest BCUT2D eigenvalue weighted by atomic mass is 16.3. The summed E-state index contributed by atoms with van der Waals surface area (Å²) in [6.07, 6.45) is 20.8. The monoisotopic (exact) mass is 307 g/mol. The predicted molar refractivity (Wildman–Crippen MR) is 90.9 cm³/mol. The Hall–Kier alpha value is -1.12. The third-order valence-electron chi connectivity index (χ3n) is 4.15. The van der Waals surface area contributed by atoms with Gasteiger partial charge in [0.05, 0.1) is 6.20 Å². The zero-order valence-corrected chi connectivity index (χ0v) is 14.3. The van der Waals surface area contributed by atoms with Gasteiger partial charge in [0.2, 0.25) is 0 Å². The highest BCUT2D eigenvalue weighted by Crippen LogP contribution is 2.13. The lowest BCUT2D eigenvalue weighted by molar-refractivity contribution is -0.117. The fourth-order valence-corrected chi connectivity index (χ4v) is 2.79. The van der Waals surface area contributed by atoms with E-state index in [1.165, 1.54) is 70.6 Å². The number of hydrogen-bond acceptors (Lipinski definition) is 3. The van der Waals surface area contributed by atoms with Crippen LogP contribution in [0.25, 0.3) is 0 Å². The van der Waals surface area contributed by atoms with Gasteiger partial charge in [0.25, 0.3) is 0 Å². The van der Waals surface area contributed by atoms with E-state index in [1.807, 2.05) is 0 Å². The average Bonchev–Trinajstić information content (AvgIpc) is 3.00. The van der Waals surface area contributed by atoms with Crippen molar-refractivity contribution in [3.63, 3.8) is 0 Å². The molecular weight excluding hydrogens is 274 g/mol. The van der Waals surface area contributed by atoms with E-state index in [0.717, 1.165) is 25.2 Å². The van der Waals surface area contributed by atoms with Crippen LogP contribution in [-0.2, 0) is 11.2 Å². The molecule has 0 spiro atoms. The summed E-state index contributed by atoms with van der Waals surface area (Å²) in [4.78, 5) is 14.9. The number of carbonyl (C=O) groups is 1. The summed E-state index contributed by atoms with van der Waals surface area (Å²) in [6, 6.07) is 0. The lowest BCUT2D eigenvalue weighted by Gasteiger charge is -2.02. The largest absolute Gasteiger partial charge is 0.449 e. The minimum Gasteiger partial charge on any atom is -0.449 e. The maximum absolute atomic E-state index is 10.8. The number of oxazole rings is 1. The van der Waals surface area contributed by atoms with Gasteiger partial charge in [0, 0.05) is 12.8 Å². The van der Waals surface area contributed by atoms with Crippen molar-refractivity contribution in [1.82, 2.24) is 4.98 Å². The molecule has 1 rings (SSSR count). The van der Waals surface area contributed by atoms with Crippen LogP contribution < -0.4 is 0 Å². The smallest absolute Gasteiger partial charge is 0.193 e. The van der Waals surface area contributed by atoms with Gasteiger partial charge in [-0.15, -0.1) is 0 Å². The van der Waals surface area contributed by atoms with Crippen molar-refractivity contribution in [3.05, 3.63) is 18.4 Å². The van der Waals surface area contributed by atoms with E-state index >= 15 is 0 Å². The van der Waals surface area contributed by atoms with Crippen molar-refractivity contribution < 1.29 is 9.21 Å². The second-order valence-corrected chi connectivity index (χ2v) is 6.37. The molecule has 3 heteroatoms. The van der Waals surface area contributed by atoms with E-state index in [1.54, 1.807) is 19.4 Å². The molecule has 126 valence electrons. The van der Waals surface area contributed by atoms with Crippen LogP contribution in [0.4, 0.5) is 0 Å². The van der Waals surface area contributed by atoms with Crippen molar-refractivity contribution in [3.8, 4) is 0 Å².